The van der Waals surface area contributed by atoms with Gasteiger partial charge in [-0.3, -0.25) is 0 Å². The molecule has 0 unspecified atom stereocenters. The molecule has 2 aliphatic carbocycles. The molecule has 4 nitrogen and oxygen atoms in total. The molecule has 2 aliphatic heterocycles. The maximum atomic E-state index is 2.66. The minimum Gasteiger partial charge on any atom is -0.311 e. The molecule has 5 heteroatoms. The Morgan fingerprint density at radius 1 is 0.224 bits per heavy atom. The summed E-state index contributed by atoms with van der Waals surface area (Å²) in [5.74, 6) is 0. The predicted molar refractivity (Wildman–Crippen MR) is 535 cm³/mol. The second-order valence-corrected chi connectivity index (χ2v) is 41.0. The summed E-state index contributed by atoms with van der Waals surface area (Å²) in [5, 5.41) is 4.81. The van der Waals surface area contributed by atoms with Gasteiger partial charge < -0.3 is 18.9 Å². The van der Waals surface area contributed by atoms with Crippen molar-refractivity contribution < 1.29 is 0 Å². The van der Waals surface area contributed by atoms with Crippen molar-refractivity contribution in [2.45, 2.75) is 155 Å². The normalized spacial score (nSPS) is 15.4. The number of rotatable bonds is 11. The van der Waals surface area contributed by atoms with Crippen LogP contribution in [0.15, 0.2) is 346 Å². The Kier molecular flexibility index (Phi) is 17.9. The van der Waals surface area contributed by atoms with Crippen LogP contribution in [0, 0.1) is 0 Å². The minimum atomic E-state index is -0.231. The zero-order valence-corrected chi connectivity index (χ0v) is 74.6. The first kappa shape index (κ1) is 77.8. The van der Waals surface area contributed by atoms with Crippen molar-refractivity contribution in [1.82, 2.24) is 9.13 Å². The topological polar surface area (TPSA) is 16.3 Å². The molecule has 2 aromatic heterocycles. The molecule has 0 fully saturated rings. The zero-order chi connectivity index (χ0) is 85.5. The molecule has 610 valence electrons. The molecule has 16 aromatic carbocycles. The Hall–Kier alpha value is -13.2. The molecule has 4 aliphatic rings. The average Bonchev–Trinajstić information content (AvgIpc) is 1.47. The lowest BCUT2D eigenvalue weighted by Crippen LogP contribution is -2.61. The van der Waals surface area contributed by atoms with Crippen molar-refractivity contribution in [2.24, 2.45) is 0 Å². The van der Waals surface area contributed by atoms with Crippen LogP contribution in [0.3, 0.4) is 0 Å². The molecule has 18 aromatic rings. The molecule has 0 radical (unpaired) electrons. The third-order valence-corrected chi connectivity index (χ3v) is 29.1. The van der Waals surface area contributed by atoms with Crippen LogP contribution < -0.4 is 26.2 Å². The van der Waals surface area contributed by atoms with E-state index < -0.39 is 0 Å². The quantitative estimate of drug-likeness (QED) is 0.120. The number of aromatic nitrogens is 2. The number of hydrogen-bond acceptors (Lipinski definition) is 2. The predicted octanol–water partition coefficient (Wildman–Crippen LogP) is 30.9. The van der Waals surface area contributed by atoms with Gasteiger partial charge in [0, 0.05) is 61.4 Å². The Balaban J connectivity index is 0.841. The van der Waals surface area contributed by atoms with E-state index >= 15 is 0 Å². The molecule has 22 rings (SSSR count). The monoisotopic (exact) mass is 1610 g/mol. The van der Waals surface area contributed by atoms with Crippen LogP contribution in [0.4, 0.5) is 34.1 Å². The molecular weight excluding hydrogens is 1510 g/mol. The van der Waals surface area contributed by atoms with E-state index in [0.29, 0.717) is 0 Å². The van der Waals surface area contributed by atoms with E-state index in [0.717, 1.165) is 80.4 Å². The van der Waals surface area contributed by atoms with E-state index in [1.165, 1.54) is 162 Å². The summed E-state index contributed by atoms with van der Waals surface area (Å²) in [5.41, 5.74) is 42.6. The van der Waals surface area contributed by atoms with Crippen LogP contribution in [-0.4, -0.2) is 15.8 Å². The van der Waals surface area contributed by atoms with Gasteiger partial charge in [-0.25, -0.2) is 0 Å². The molecule has 125 heavy (non-hydrogen) atoms. The second kappa shape index (κ2) is 28.7. The van der Waals surface area contributed by atoms with Crippen molar-refractivity contribution in [3.8, 4) is 89.3 Å². The maximum absolute atomic E-state index is 2.66. The lowest BCUT2D eigenvalue weighted by atomic mass is 9.33. The first-order valence-electron chi connectivity index (χ1n) is 45.3. The Bertz CT molecular complexity index is 7160. The van der Waals surface area contributed by atoms with Crippen LogP contribution in [-0.2, 0) is 32.5 Å². The van der Waals surface area contributed by atoms with Gasteiger partial charge in [-0.2, -0.15) is 0 Å². The highest BCUT2D eigenvalue weighted by molar-refractivity contribution is 7.00. The number of benzene rings is 16. The van der Waals surface area contributed by atoms with E-state index in [2.05, 4.69) is 462 Å². The number of fused-ring (bicyclic) bond motifs is 12. The van der Waals surface area contributed by atoms with Crippen LogP contribution in [0.2, 0.25) is 0 Å². The fourth-order valence-electron chi connectivity index (χ4n) is 21.6. The molecule has 0 amide bonds. The first-order chi connectivity index (χ1) is 60.2. The summed E-state index contributed by atoms with van der Waals surface area (Å²) in [7, 11) is 0. The number of nitrogens with zero attached hydrogens (tertiary/aromatic N) is 4. The number of anilines is 6. The Morgan fingerprint density at radius 2 is 0.504 bits per heavy atom. The van der Waals surface area contributed by atoms with Crippen LogP contribution in [0.5, 0.6) is 0 Å². The molecule has 0 spiro atoms. The van der Waals surface area contributed by atoms with Crippen LogP contribution in [0.1, 0.15) is 156 Å². The van der Waals surface area contributed by atoms with Crippen LogP contribution >= 0.6 is 0 Å². The highest BCUT2D eigenvalue weighted by Crippen LogP contribution is 2.54. The zero-order valence-electron chi connectivity index (χ0n) is 74.6. The highest BCUT2D eigenvalue weighted by Gasteiger charge is 2.46. The summed E-state index contributed by atoms with van der Waals surface area (Å²) in [4.78, 5) is 5.33. The third kappa shape index (κ3) is 13.1. The lowest BCUT2D eigenvalue weighted by Gasteiger charge is -2.45. The molecule has 0 N–H and O–H groups in total. The SMILES string of the molecule is CC(C)(C)c1cc(-c2ccc3c(c2)N(c2ccc(-c4ccc5c(c4)C(C)(C)CCC5(C)C)cc2)c2cc(-n4c5ccc(-c6ccccc6)cc5c5cc(-c6ccccc6)ccc54)cc4c2B3c2ccc(-n3c5ccc(-c6ccccc6)cc5c5cc(-c6ccccc6)ccc53)cc2N4c2ccc(-c3ccc4c(c3)C(C)(C)CCC4(C)C)cc2)cc(C(C)(C)C)c1. The van der Waals surface area contributed by atoms with Crippen molar-refractivity contribution in [2.75, 3.05) is 9.80 Å². The molecule has 0 atom stereocenters. The number of hydrogen-bond donors (Lipinski definition) is 0. The van der Waals surface area contributed by atoms with Crippen molar-refractivity contribution in [1.29, 1.82) is 0 Å². The van der Waals surface area contributed by atoms with E-state index in [1.807, 2.05) is 0 Å². The largest absolute Gasteiger partial charge is 0.311 e. The van der Waals surface area contributed by atoms with Gasteiger partial charge in [-0.15, -0.1) is 0 Å². The summed E-state index contributed by atoms with van der Waals surface area (Å²) < 4.78 is 5.14. The van der Waals surface area contributed by atoms with Crippen molar-refractivity contribution in [3.63, 3.8) is 0 Å². The van der Waals surface area contributed by atoms with Gasteiger partial charge in [0.15, 0.2) is 0 Å². The first-order valence-corrected chi connectivity index (χ1v) is 45.3. The minimum absolute atomic E-state index is 0.0475. The fraction of sp³-hybridized carbons (Fsp3) is 0.200. The molecule has 0 saturated carbocycles. The smallest absolute Gasteiger partial charge is 0.252 e. The van der Waals surface area contributed by atoms with E-state index in [4.69, 9.17) is 0 Å². The maximum Gasteiger partial charge on any atom is 0.252 e. The molecular formula is C120H107BN4. The van der Waals surface area contributed by atoms with Gasteiger partial charge >= 0.3 is 0 Å². The van der Waals surface area contributed by atoms with Gasteiger partial charge in [0.1, 0.15) is 0 Å². The lowest BCUT2D eigenvalue weighted by molar-refractivity contribution is 0.332. The van der Waals surface area contributed by atoms with Gasteiger partial charge in [0.2, 0.25) is 0 Å². The van der Waals surface area contributed by atoms with E-state index in [9.17, 15) is 0 Å². The van der Waals surface area contributed by atoms with Gasteiger partial charge in [0.25, 0.3) is 6.71 Å². The van der Waals surface area contributed by atoms with E-state index in [1.54, 1.807) is 0 Å². The molecule has 0 saturated heterocycles. The Morgan fingerprint density at radius 3 is 0.872 bits per heavy atom. The summed E-state index contributed by atoms with van der Waals surface area (Å²) in [6, 6.07) is 134. The summed E-state index contributed by atoms with van der Waals surface area (Å²) in [6.45, 7) is 33.5. The fourth-order valence-corrected chi connectivity index (χ4v) is 21.6. The average molecular weight is 1620 g/mol. The van der Waals surface area contributed by atoms with E-state index in [-0.39, 0.29) is 39.2 Å². The van der Waals surface area contributed by atoms with Crippen molar-refractivity contribution >= 4 is 101 Å². The van der Waals surface area contributed by atoms with Crippen molar-refractivity contribution in [3.05, 3.63) is 379 Å². The highest BCUT2D eigenvalue weighted by atomic mass is 15.2. The second-order valence-electron chi connectivity index (χ2n) is 41.0. The molecule has 4 heterocycles. The summed E-state index contributed by atoms with van der Waals surface area (Å²) in [6.07, 6.45) is 4.65. The Labute approximate surface area is 738 Å². The van der Waals surface area contributed by atoms with Gasteiger partial charge in [-0.05, 0) is 289 Å². The van der Waals surface area contributed by atoms with Crippen LogP contribution in [0.25, 0.3) is 133 Å². The third-order valence-electron chi connectivity index (χ3n) is 29.1. The van der Waals surface area contributed by atoms with Gasteiger partial charge in [0.05, 0.1) is 27.8 Å². The standard InChI is InChI=1S/C120H107BN4/c1-115(2,3)90-63-89(64-91(72-90)116(4,5)6)88-41-53-104-110(71-88)122(92-46-35-80(36-47-92)86-39-51-100-102(69-86)119(11,12)61-59-117(100,7)8)112-74-95(125-108-57-44-84(78-31-23-17-24-32-78)67-98(108)99-68-85(45-58-109(99)125)79-33-25-18-26-34-79)75-113-114(112)121(104)105-54-50-94(73-111(105)123(113)93-48-37-81(38-49-93)87-40-52-101-103(70-87)120(13,14)62-60-118(101,9)10)124-106-55-42-82(76-27-19-15-20-28-76)65-96(106)97-66-83(43-56-107(97)124)77-29-21-16-22-30-77/h15-58,63-75H,59-62H2,1-14H3. The summed E-state index contributed by atoms with van der Waals surface area (Å²) >= 11 is 0. The van der Waals surface area contributed by atoms with Gasteiger partial charge in [-0.1, -0.05) is 340 Å². The molecule has 0 bridgehead atoms.